The summed E-state index contributed by atoms with van der Waals surface area (Å²) in [5.74, 6) is 0.765. The van der Waals surface area contributed by atoms with Crippen molar-refractivity contribution in [2.45, 2.75) is 20.4 Å². The number of benzene rings is 1. The predicted octanol–water partition coefficient (Wildman–Crippen LogP) is 3.37. The molecular formula is C20H22N4O2. The quantitative estimate of drug-likeness (QED) is 0.766. The molecular weight excluding hydrogens is 328 g/mol. The van der Waals surface area contributed by atoms with Crippen LogP contribution in [0.2, 0.25) is 0 Å². The Morgan fingerprint density at radius 1 is 1.19 bits per heavy atom. The molecule has 0 saturated heterocycles. The minimum Gasteiger partial charge on any atom is -0.496 e. The lowest BCUT2D eigenvalue weighted by Gasteiger charge is -2.19. The van der Waals surface area contributed by atoms with Gasteiger partial charge in [-0.05, 0) is 37.6 Å². The molecule has 0 aliphatic rings. The van der Waals surface area contributed by atoms with Crippen LogP contribution in [-0.4, -0.2) is 40.1 Å². The average Bonchev–Trinajstić information content (AvgIpc) is 3.19. The highest BCUT2D eigenvalue weighted by atomic mass is 16.5. The molecule has 6 nitrogen and oxygen atoms in total. The van der Waals surface area contributed by atoms with Crippen LogP contribution in [0.1, 0.15) is 27.2 Å². The SMILES string of the molecule is COc1c(C)cnc(CN(C)C(=O)c2ccc(-c3ccn[nH]3)cc2)c1C. The summed E-state index contributed by atoms with van der Waals surface area (Å²) in [6.07, 6.45) is 3.48. The molecule has 0 unspecified atom stereocenters. The second kappa shape index (κ2) is 7.39. The Bertz CT molecular complexity index is 902. The predicted molar refractivity (Wildman–Crippen MR) is 100 cm³/mol. The average molecular weight is 350 g/mol. The molecule has 134 valence electrons. The van der Waals surface area contributed by atoms with Gasteiger partial charge in [0.1, 0.15) is 5.75 Å². The monoisotopic (exact) mass is 350 g/mol. The minimum absolute atomic E-state index is 0.0538. The second-order valence-electron chi connectivity index (χ2n) is 6.26. The summed E-state index contributed by atoms with van der Waals surface area (Å²) in [5, 5.41) is 6.86. The Morgan fingerprint density at radius 3 is 2.54 bits per heavy atom. The molecule has 0 radical (unpaired) electrons. The van der Waals surface area contributed by atoms with Gasteiger partial charge in [0.2, 0.25) is 0 Å². The normalized spacial score (nSPS) is 10.6. The van der Waals surface area contributed by atoms with Crippen LogP contribution in [0.4, 0.5) is 0 Å². The van der Waals surface area contributed by atoms with Crippen LogP contribution in [0.15, 0.2) is 42.7 Å². The second-order valence-corrected chi connectivity index (χ2v) is 6.26. The van der Waals surface area contributed by atoms with Crippen molar-refractivity contribution in [2.75, 3.05) is 14.2 Å². The van der Waals surface area contributed by atoms with Gasteiger partial charge in [-0.1, -0.05) is 12.1 Å². The van der Waals surface area contributed by atoms with Crippen molar-refractivity contribution in [3.8, 4) is 17.0 Å². The summed E-state index contributed by atoms with van der Waals surface area (Å²) in [6.45, 7) is 4.34. The van der Waals surface area contributed by atoms with Crippen molar-refractivity contribution in [3.63, 3.8) is 0 Å². The molecule has 1 amide bonds. The van der Waals surface area contributed by atoms with Gasteiger partial charge in [0, 0.05) is 36.1 Å². The van der Waals surface area contributed by atoms with Crippen LogP contribution < -0.4 is 4.74 Å². The molecule has 0 atom stereocenters. The number of hydrogen-bond donors (Lipinski definition) is 1. The Hall–Kier alpha value is -3.15. The van der Waals surface area contributed by atoms with Gasteiger partial charge in [-0.3, -0.25) is 14.9 Å². The molecule has 1 N–H and O–H groups in total. The van der Waals surface area contributed by atoms with E-state index in [1.807, 2.05) is 44.2 Å². The minimum atomic E-state index is -0.0538. The number of methoxy groups -OCH3 is 1. The summed E-state index contributed by atoms with van der Waals surface area (Å²) in [7, 11) is 3.42. The molecule has 0 bridgehead atoms. The number of carbonyl (C=O) groups excluding carboxylic acids is 1. The van der Waals surface area contributed by atoms with E-state index in [1.165, 1.54) is 0 Å². The maximum absolute atomic E-state index is 12.7. The number of aromatic nitrogens is 3. The molecule has 6 heteroatoms. The molecule has 0 aliphatic heterocycles. The van der Waals surface area contributed by atoms with Gasteiger partial charge in [0.05, 0.1) is 25.0 Å². The highest BCUT2D eigenvalue weighted by Crippen LogP contribution is 2.25. The zero-order valence-corrected chi connectivity index (χ0v) is 15.4. The third-order valence-electron chi connectivity index (χ3n) is 4.43. The zero-order valence-electron chi connectivity index (χ0n) is 15.4. The summed E-state index contributed by atoms with van der Waals surface area (Å²) < 4.78 is 5.44. The fourth-order valence-electron chi connectivity index (χ4n) is 2.96. The fourth-order valence-corrected chi connectivity index (χ4v) is 2.96. The number of aromatic amines is 1. The van der Waals surface area contributed by atoms with E-state index >= 15 is 0 Å². The van der Waals surface area contributed by atoms with Gasteiger partial charge < -0.3 is 9.64 Å². The first-order valence-corrected chi connectivity index (χ1v) is 8.35. The van der Waals surface area contributed by atoms with E-state index in [1.54, 1.807) is 31.5 Å². The Morgan fingerprint density at radius 2 is 1.92 bits per heavy atom. The van der Waals surface area contributed by atoms with E-state index in [2.05, 4.69) is 15.2 Å². The van der Waals surface area contributed by atoms with E-state index in [-0.39, 0.29) is 5.91 Å². The van der Waals surface area contributed by atoms with Gasteiger partial charge in [0.25, 0.3) is 5.91 Å². The number of H-pyrrole nitrogens is 1. The lowest BCUT2D eigenvalue weighted by molar-refractivity contribution is 0.0783. The van der Waals surface area contributed by atoms with Crippen molar-refractivity contribution >= 4 is 5.91 Å². The van der Waals surface area contributed by atoms with Crippen molar-refractivity contribution in [2.24, 2.45) is 0 Å². The summed E-state index contributed by atoms with van der Waals surface area (Å²) in [6, 6.07) is 9.36. The highest BCUT2D eigenvalue weighted by molar-refractivity contribution is 5.94. The van der Waals surface area contributed by atoms with E-state index in [4.69, 9.17) is 4.74 Å². The summed E-state index contributed by atoms with van der Waals surface area (Å²) in [4.78, 5) is 18.9. The smallest absolute Gasteiger partial charge is 0.253 e. The molecule has 0 spiro atoms. The summed E-state index contributed by atoms with van der Waals surface area (Å²) in [5.41, 5.74) is 5.31. The topological polar surface area (TPSA) is 71.1 Å². The van der Waals surface area contributed by atoms with Crippen LogP contribution in [0.5, 0.6) is 5.75 Å². The largest absolute Gasteiger partial charge is 0.496 e. The van der Waals surface area contributed by atoms with Crippen molar-refractivity contribution in [1.29, 1.82) is 0 Å². The van der Waals surface area contributed by atoms with Gasteiger partial charge in [0.15, 0.2) is 0 Å². The molecule has 2 aromatic heterocycles. The van der Waals surface area contributed by atoms with E-state index in [0.717, 1.165) is 33.8 Å². The van der Waals surface area contributed by atoms with Gasteiger partial charge in [-0.2, -0.15) is 5.10 Å². The standard InChI is InChI=1S/C20H22N4O2/c1-13-11-21-18(14(2)19(13)26-4)12-24(3)20(25)16-7-5-15(6-8-16)17-9-10-22-23-17/h5-11H,12H2,1-4H3,(H,22,23). The number of aryl methyl sites for hydroxylation is 1. The first-order valence-electron chi connectivity index (χ1n) is 8.35. The van der Waals surface area contributed by atoms with E-state index in [0.29, 0.717) is 12.1 Å². The maximum atomic E-state index is 12.7. The first-order chi connectivity index (χ1) is 12.5. The molecule has 26 heavy (non-hydrogen) atoms. The highest BCUT2D eigenvalue weighted by Gasteiger charge is 2.16. The third-order valence-corrected chi connectivity index (χ3v) is 4.43. The van der Waals surface area contributed by atoms with Crippen molar-refractivity contribution in [1.82, 2.24) is 20.1 Å². The Labute approximate surface area is 152 Å². The molecule has 1 aromatic carbocycles. The summed E-state index contributed by atoms with van der Waals surface area (Å²) >= 11 is 0. The first kappa shape index (κ1) is 17.7. The number of amides is 1. The van der Waals surface area contributed by atoms with E-state index in [9.17, 15) is 4.79 Å². The molecule has 0 saturated carbocycles. The van der Waals surface area contributed by atoms with Crippen molar-refractivity contribution in [3.05, 3.63) is 65.1 Å². The number of ether oxygens (including phenoxy) is 1. The van der Waals surface area contributed by atoms with Crippen LogP contribution in [0.25, 0.3) is 11.3 Å². The Kier molecular flexibility index (Phi) is 5.02. The fraction of sp³-hybridized carbons (Fsp3) is 0.250. The number of hydrogen-bond acceptors (Lipinski definition) is 4. The number of nitrogens with zero attached hydrogens (tertiary/aromatic N) is 3. The van der Waals surface area contributed by atoms with Crippen LogP contribution in [-0.2, 0) is 6.54 Å². The number of pyridine rings is 1. The number of nitrogens with one attached hydrogen (secondary N) is 1. The molecule has 2 heterocycles. The lowest BCUT2D eigenvalue weighted by atomic mass is 10.1. The molecule has 3 rings (SSSR count). The maximum Gasteiger partial charge on any atom is 0.253 e. The Balaban J connectivity index is 1.76. The van der Waals surface area contributed by atoms with Crippen molar-refractivity contribution < 1.29 is 9.53 Å². The molecule has 0 fully saturated rings. The number of rotatable bonds is 5. The van der Waals surface area contributed by atoms with Crippen LogP contribution >= 0.6 is 0 Å². The van der Waals surface area contributed by atoms with Crippen LogP contribution in [0.3, 0.4) is 0 Å². The lowest BCUT2D eigenvalue weighted by Crippen LogP contribution is -2.27. The zero-order chi connectivity index (χ0) is 18.7. The van der Waals surface area contributed by atoms with Gasteiger partial charge in [-0.15, -0.1) is 0 Å². The molecule has 0 aliphatic carbocycles. The number of carbonyl (C=O) groups is 1. The third kappa shape index (κ3) is 3.44. The van der Waals surface area contributed by atoms with E-state index < -0.39 is 0 Å². The van der Waals surface area contributed by atoms with Gasteiger partial charge in [-0.25, -0.2) is 0 Å². The molecule has 3 aromatic rings. The van der Waals surface area contributed by atoms with Crippen LogP contribution in [0, 0.1) is 13.8 Å². The van der Waals surface area contributed by atoms with Gasteiger partial charge >= 0.3 is 0 Å².